The third-order valence-corrected chi connectivity index (χ3v) is 8.86. The van der Waals surface area contributed by atoms with Gasteiger partial charge in [-0.05, 0) is 62.6 Å². The van der Waals surface area contributed by atoms with Crippen molar-refractivity contribution < 1.29 is 29.4 Å². The summed E-state index contributed by atoms with van der Waals surface area (Å²) >= 11 is 0. The van der Waals surface area contributed by atoms with Crippen molar-refractivity contribution in [3.8, 4) is 17.2 Å². The van der Waals surface area contributed by atoms with Crippen molar-refractivity contribution in [2.24, 2.45) is 11.0 Å². The van der Waals surface area contributed by atoms with Crippen LogP contribution in [0.3, 0.4) is 0 Å². The molecule has 1 heterocycles. The van der Waals surface area contributed by atoms with Crippen LogP contribution < -0.4 is 15.6 Å². The summed E-state index contributed by atoms with van der Waals surface area (Å²) in [7, 11) is 3.21. The van der Waals surface area contributed by atoms with Gasteiger partial charge in [0, 0.05) is 35.0 Å². The summed E-state index contributed by atoms with van der Waals surface area (Å²) in [5, 5.41) is 31.7. The zero-order chi connectivity index (χ0) is 31.7. The molecule has 2 aliphatic rings. The standard InChI is InChI=1S/C35H34N4O6/c1-35(36-2)18-25-24(31(41)29-28(32(25)42)30(40)23-10-7-11-26(44-3)27(23)33(29)43)17-22(16-20-12-14-37-15-13-20)34(35)38-39-45-19-21-8-5-4-6-9-21/h4-15,22,36,39,41-42H,16-19H2,1-3H3/b38-34-. The number of fused-ring (bicyclic) bond motifs is 3. The van der Waals surface area contributed by atoms with Gasteiger partial charge in [0.05, 0.1) is 35.1 Å². The number of aromatic hydroxyl groups is 2. The van der Waals surface area contributed by atoms with Gasteiger partial charge in [-0.2, -0.15) is 10.7 Å². The van der Waals surface area contributed by atoms with Crippen LogP contribution in [0.15, 0.2) is 78.2 Å². The molecule has 0 aliphatic heterocycles. The Morgan fingerprint density at radius 3 is 2.33 bits per heavy atom. The Morgan fingerprint density at radius 2 is 1.62 bits per heavy atom. The lowest BCUT2D eigenvalue weighted by molar-refractivity contribution is 0.0289. The number of hydrogen-bond acceptors (Lipinski definition) is 10. The molecule has 4 N–H and O–H groups in total. The monoisotopic (exact) mass is 606 g/mol. The van der Waals surface area contributed by atoms with Crippen LogP contribution in [0, 0.1) is 5.92 Å². The van der Waals surface area contributed by atoms with Crippen LogP contribution in [-0.2, 0) is 30.7 Å². The molecular formula is C35H34N4O6. The SMILES string of the molecule is CNC1(C)Cc2c(O)c3c(c(O)c2CC(Cc2ccncc2)/C1=N/NOCc1ccccc1)C(=O)c1c(OC)cccc1C3=O. The summed E-state index contributed by atoms with van der Waals surface area (Å²) in [5.74, 6) is -1.87. The lowest BCUT2D eigenvalue weighted by Crippen LogP contribution is -2.52. The highest BCUT2D eigenvalue weighted by Crippen LogP contribution is 2.48. The highest BCUT2D eigenvalue weighted by atomic mass is 16.7. The fraction of sp³-hybridized carbons (Fsp3) is 0.257. The van der Waals surface area contributed by atoms with Crippen LogP contribution in [-0.4, -0.2) is 52.2 Å². The topological polar surface area (TPSA) is 142 Å². The van der Waals surface area contributed by atoms with Gasteiger partial charge in [-0.1, -0.05) is 42.5 Å². The number of aromatic nitrogens is 1. The van der Waals surface area contributed by atoms with E-state index in [2.05, 4.69) is 15.9 Å². The molecular weight excluding hydrogens is 572 g/mol. The third-order valence-electron chi connectivity index (χ3n) is 8.86. The molecule has 2 unspecified atom stereocenters. The van der Waals surface area contributed by atoms with Gasteiger partial charge in [0.25, 0.3) is 0 Å². The number of rotatable bonds is 8. The average Bonchev–Trinajstić information content (AvgIpc) is 3.18. The van der Waals surface area contributed by atoms with Gasteiger partial charge < -0.3 is 20.3 Å². The van der Waals surface area contributed by atoms with Gasteiger partial charge in [0.15, 0.2) is 5.78 Å². The second-order valence-electron chi connectivity index (χ2n) is 11.5. The van der Waals surface area contributed by atoms with Crippen LogP contribution in [0.4, 0.5) is 0 Å². The number of nitrogens with zero attached hydrogens (tertiary/aromatic N) is 2. The van der Waals surface area contributed by atoms with Gasteiger partial charge in [0.1, 0.15) is 23.9 Å². The predicted octanol–water partition coefficient (Wildman–Crippen LogP) is 4.29. The molecule has 0 fully saturated rings. The molecule has 0 saturated heterocycles. The number of hydrogen-bond donors (Lipinski definition) is 4. The number of methoxy groups -OCH3 is 1. The van der Waals surface area contributed by atoms with Crippen LogP contribution in [0.2, 0.25) is 0 Å². The largest absolute Gasteiger partial charge is 0.507 e. The Morgan fingerprint density at radius 1 is 0.911 bits per heavy atom. The summed E-state index contributed by atoms with van der Waals surface area (Å²) in [6.45, 7) is 2.23. The Balaban J connectivity index is 1.47. The van der Waals surface area contributed by atoms with E-state index in [0.717, 1.165) is 11.1 Å². The van der Waals surface area contributed by atoms with E-state index in [1.54, 1.807) is 31.6 Å². The number of nitrogens with one attached hydrogen (secondary N) is 2. The van der Waals surface area contributed by atoms with Gasteiger partial charge in [0.2, 0.25) is 5.78 Å². The fourth-order valence-corrected chi connectivity index (χ4v) is 6.47. The summed E-state index contributed by atoms with van der Waals surface area (Å²) < 4.78 is 5.40. The van der Waals surface area contributed by atoms with Crippen molar-refractivity contribution in [2.45, 2.75) is 38.3 Å². The van der Waals surface area contributed by atoms with Crippen molar-refractivity contribution in [1.82, 2.24) is 15.9 Å². The minimum absolute atomic E-state index is 0.0659. The van der Waals surface area contributed by atoms with E-state index in [1.165, 1.54) is 13.2 Å². The van der Waals surface area contributed by atoms with Crippen LogP contribution in [0.1, 0.15) is 61.0 Å². The Bertz CT molecular complexity index is 1810. The van der Waals surface area contributed by atoms with Crippen LogP contribution >= 0.6 is 0 Å². The quantitative estimate of drug-likeness (QED) is 0.0881. The zero-order valence-electron chi connectivity index (χ0n) is 25.3. The maximum atomic E-state index is 13.9. The Labute approximate surface area is 260 Å². The second-order valence-corrected chi connectivity index (χ2v) is 11.5. The lowest BCUT2D eigenvalue weighted by Gasteiger charge is -2.33. The van der Waals surface area contributed by atoms with Crippen molar-refractivity contribution in [3.63, 3.8) is 0 Å². The minimum Gasteiger partial charge on any atom is -0.507 e. The first kappa shape index (κ1) is 30.0. The smallest absolute Gasteiger partial charge is 0.202 e. The molecule has 3 aromatic carbocycles. The van der Waals surface area contributed by atoms with E-state index >= 15 is 0 Å². The summed E-state index contributed by atoms with van der Waals surface area (Å²) in [6.07, 6.45) is 4.33. The molecule has 0 amide bonds. The number of pyridine rings is 1. The Kier molecular flexibility index (Phi) is 8.09. The van der Waals surface area contributed by atoms with Gasteiger partial charge in [-0.15, -0.1) is 0 Å². The van der Waals surface area contributed by atoms with E-state index in [-0.39, 0.29) is 64.9 Å². The molecule has 4 aromatic rings. The molecule has 2 atom stereocenters. The number of benzene rings is 3. The summed E-state index contributed by atoms with van der Waals surface area (Å²) in [4.78, 5) is 37.6. The van der Waals surface area contributed by atoms with E-state index in [9.17, 15) is 19.8 Å². The molecule has 0 radical (unpaired) electrons. The van der Waals surface area contributed by atoms with Crippen LogP contribution in [0.5, 0.6) is 17.2 Å². The van der Waals surface area contributed by atoms with E-state index in [4.69, 9.17) is 14.7 Å². The number of likely N-dealkylation sites (N-methyl/N-ethyl adjacent to an activating group) is 1. The third kappa shape index (κ3) is 5.32. The lowest BCUT2D eigenvalue weighted by atomic mass is 9.78. The molecule has 0 bridgehead atoms. The zero-order valence-corrected chi connectivity index (χ0v) is 25.3. The first-order valence-electron chi connectivity index (χ1n) is 14.7. The fourth-order valence-electron chi connectivity index (χ4n) is 6.47. The first-order valence-corrected chi connectivity index (χ1v) is 14.7. The highest BCUT2D eigenvalue weighted by Gasteiger charge is 2.45. The Hall–Kier alpha value is -5.06. The molecule has 6 rings (SSSR count). The minimum atomic E-state index is -0.854. The number of hydrazone groups is 1. The van der Waals surface area contributed by atoms with Crippen molar-refractivity contribution >= 4 is 17.3 Å². The predicted molar refractivity (Wildman–Crippen MR) is 168 cm³/mol. The van der Waals surface area contributed by atoms with Crippen molar-refractivity contribution in [3.05, 3.63) is 118 Å². The molecule has 0 spiro atoms. The number of phenols is 2. The average molecular weight is 607 g/mol. The summed E-state index contributed by atoms with van der Waals surface area (Å²) in [6, 6.07) is 18.2. The second kappa shape index (κ2) is 12.1. The normalized spacial score (nSPS) is 19.8. The maximum absolute atomic E-state index is 13.9. The summed E-state index contributed by atoms with van der Waals surface area (Å²) in [5.41, 5.74) is 5.09. The van der Waals surface area contributed by atoms with E-state index < -0.39 is 17.1 Å². The van der Waals surface area contributed by atoms with Crippen molar-refractivity contribution in [1.29, 1.82) is 0 Å². The molecule has 10 heteroatoms. The number of ether oxygens (including phenoxy) is 1. The van der Waals surface area contributed by atoms with Gasteiger partial charge in [-0.3, -0.25) is 19.4 Å². The molecule has 0 saturated carbocycles. The van der Waals surface area contributed by atoms with Crippen LogP contribution in [0.25, 0.3) is 0 Å². The number of ketones is 2. The number of phenolic OH excluding ortho intramolecular Hbond substituents is 2. The number of carbonyl (C=O) groups is 2. The van der Waals surface area contributed by atoms with Gasteiger partial charge >= 0.3 is 0 Å². The van der Waals surface area contributed by atoms with E-state index in [0.29, 0.717) is 23.3 Å². The number of carbonyl (C=O) groups excluding carboxylic acids is 2. The highest BCUT2D eigenvalue weighted by molar-refractivity contribution is 6.31. The maximum Gasteiger partial charge on any atom is 0.202 e. The molecule has 10 nitrogen and oxygen atoms in total. The molecule has 2 aliphatic carbocycles. The van der Waals surface area contributed by atoms with Crippen molar-refractivity contribution in [2.75, 3.05) is 14.2 Å². The van der Waals surface area contributed by atoms with Gasteiger partial charge in [-0.25, -0.2) is 0 Å². The first-order chi connectivity index (χ1) is 21.8. The molecule has 1 aromatic heterocycles. The van der Waals surface area contributed by atoms with E-state index in [1.807, 2.05) is 49.4 Å². The molecule has 45 heavy (non-hydrogen) atoms. The molecule has 230 valence electrons.